The maximum atomic E-state index is 12.3. The number of aryl methyl sites for hydroxylation is 1. The van der Waals surface area contributed by atoms with Gasteiger partial charge in [0.15, 0.2) is 18.1 Å². The quantitative estimate of drug-likeness (QED) is 0.620. The van der Waals surface area contributed by atoms with E-state index in [2.05, 4.69) is 5.32 Å². The van der Waals surface area contributed by atoms with Gasteiger partial charge >= 0.3 is 6.18 Å². The first kappa shape index (κ1) is 24.5. The molecule has 0 atom stereocenters. The Labute approximate surface area is 178 Å². The Hall–Kier alpha value is -2.79. The summed E-state index contributed by atoms with van der Waals surface area (Å²) in [5.41, 5.74) is 0.997. The van der Waals surface area contributed by atoms with Crippen molar-refractivity contribution in [3.05, 3.63) is 48.0 Å². The Balaban J connectivity index is 2.00. The van der Waals surface area contributed by atoms with Crippen LogP contribution in [0.1, 0.15) is 12.0 Å². The van der Waals surface area contributed by atoms with Gasteiger partial charge in [-0.1, -0.05) is 12.1 Å². The van der Waals surface area contributed by atoms with Crippen LogP contribution in [0, 0.1) is 0 Å². The van der Waals surface area contributed by atoms with E-state index in [-0.39, 0.29) is 35.1 Å². The van der Waals surface area contributed by atoms with Gasteiger partial charge in [0.1, 0.15) is 0 Å². The van der Waals surface area contributed by atoms with Crippen molar-refractivity contribution in [2.24, 2.45) is 0 Å². The number of sulfonamides is 1. The molecule has 0 aromatic heterocycles. The third kappa shape index (κ3) is 7.14. The molecular weight excluding hydrogens is 437 g/mol. The van der Waals surface area contributed by atoms with Crippen LogP contribution in [0.2, 0.25) is 0 Å². The Morgan fingerprint density at radius 3 is 2.42 bits per heavy atom. The summed E-state index contributed by atoms with van der Waals surface area (Å²) in [6.45, 7) is -1.44. The third-order valence-electron chi connectivity index (χ3n) is 4.16. The van der Waals surface area contributed by atoms with Gasteiger partial charge < -0.3 is 14.8 Å². The predicted molar refractivity (Wildman–Crippen MR) is 109 cm³/mol. The monoisotopic (exact) mass is 460 g/mol. The lowest BCUT2D eigenvalue weighted by Gasteiger charge is -2.14. The van der Waals surface area contributed by atoms with Crippen molar-refractivity contribution in [2.75, 3.05) is 33.1 Å². The van der Waals surface area contributed by atoms with Gasteiger partial charge in [0.25, 0.3) is 0 Å². The van der Waals surface area contributed by atoms with Crippen molar-refractivity contribution in [2.45, 2.75) is 23.9 Å². The molecular formula is C20H23F3N2O5S. The molecule has 2 aromatic carbocycles. The molecule has 0 bridgehead atoms. The van der Waals surface area contributed by atoms with Crippen molar-refractivity contribution in [1.82, 2.24) is 4.31 Å². The van der Waals surface area contributed by atoms with Crippen LogP contribution in [0.4, 0.5) is 18.9 Å². The van der Waals surface area contributed by atoms with Crippen molar-refractivity contribution < 1.29 is 35.9 Å². The molecule has 0 saturated heterocycles. The zero-order valence-corrected chi connectivity index (χ0v) is 18.0. The fourth-order valence-electron chi connectivity index (χ4n) is 2.57. The molecule has 0 spiro atoms. The minimum absolute atomic E-state index is 0.0491. The number of halogens is 3. The molecule has 2 aromatic rings. The number of hydrogen-bond acceptors (Lipinski definition) is 5. The zero-order valence-electron chi connectivity index (χ0n) is 17.2. The van der Waals surface area contributed by atoms with E-state index >= 15 is 0 Å². The van der Waals surface area contributed by atoms with Crippen LogP contribution >= 0.6 is 0 Å². The molecule has 2 rings (SSSR count). The zero-order chi connectivity index (χ0) is 23.2. The number of carbonyl (C=O) groups excluding carboxylic acids is 1. The molecule has 31 heavy (non-hydrogen) atoms. The van der Waals surface area contributed by atoms with Crippen LogP contribution in [0.3, 0.4) is 0 Å². The molecule has 0 heterocycles. The summed E-state index contributed by atoms with van der Waals surface area (Å²) in [4.78, 5) is 12.3. The van der Waals surface area contributed by atoms with E-state index < -0.39 is 22.8 Å². The van der Waals surface area contributed by atoms with Gasteiger partial charge in [0, 0.05) is 26.2 Å². The summed E-state index contributed by atoms with van der Waals surface area (Å²) in [5, 5.41) is 2.64. The fourth-order valence-corrected chi connectivity index (χ4v) is 3.52. The normalized spacial score (nSPS) is 12.0. The third-order valence-corrected chi connectivity index (χ3v) is 5.97. The van der Waals surface area contributed by atoms with E-state index in [1.165, 1.54) is 51.5 Å². The number of benzene rings is 2. The Kier molecular flexibility index (Phi) is 7.91. The Morgan fingerprint density at radius 2 is 1.81 bits per heavy atom. The number of carbonyl (C=O) groups is 1. The van der Waals surface area contributed by atoms with Crippen LogP contribution in [0.15, 0.2) is 47.4 Å². The number of ether oxygens (including phenoxy) is 2. The van der Waals surface area contributed by atoms with Gasteiger partial charge in [-0.25, -0.2) is 12.7 Å². The molecule has 0 fully saturated rings. The second kappa shape index (κ2) is 10.0. The number of anilines is 1. The number of nitrogens with zero attached hydrogens (tertiary/aromatic N) is 1. The number of alkyl halides is 3. The van der Waals surface area contributed by atoms with Crippen LogP contribution < -0.4 is 14.8 Å². The smallest absolute Gasteiger partial charge is 0.422 e. The molecule has 0 aliphatic carbocycles. The molecule has 1 amide bonds. The van der Waals surface area contributed by atoms with Gasteiger partial charge in [-0.2, -0.15) is 13.2 Å². The summed E-state index contributed by atoms with van der Waals surface area (Å²) in [6.07, 6.45) is -4.11. The van der Waals surface area contributed by atoms with Gasteiger partial charge in [0.2, 0.25) is 15.9 Å². The van der Waals surface area contributed by atoms with E-state index in [1.54, 1.807) is 12.1 Å². The maximum Gasteiger partial charge on any atom is 0.422 e. The maximum absolute atomic E-state index is 12.3. The molecule has 7 nitrogen and oxygen atoms in total. The minimum Gasteiger partial charge on any atom is -0.493 e. The van der Waals surface area contributed by atoms with E-state index in [4.69, 9.17) is 9.47 Å². The SMILES string of the molecule is COc1cc(CCC(=O)Nc2cccc(S(=O)(=O)N(C)C)c2)ccc1OCC(F)(F)F. The average molecular weight is 460 g/mol. The summed E-state index contributed by atoms with van der Waals surface area (Å²) in [5.74, 6) is -0.272. The van der Waals surface area contributed by atoms with Crippen LogP contribution in [-0.2, 0) is 21.2 Å². The van der Waals surface area contributed by atoms with Gasteiger partial charge in [0.05, 0.1) is 12.0 Å². The lowest BCUT2D eigenvalue weighted by Crippen LogP contribution is -2.22. The van der Waals surface area contributed by atoms with Gasteiger partial charge in [-0.3, -0.25) is 4.79 Å². The highest BCUT2D eigenvalue weighted by Crippen LogP contribution is 2.30. The Morgan fingerprint density at radius 1 is 1.10 bits per heavy atom. The van der Waals surface area contributed by atoms with E-state index in [0.29, 0.717) is 11.3 Å². The lowest BCUT2D eigenvalue weighted by atomic mass is 10.1. The lowest BCUT2D eigenvalue weighted by molar-refractivity contribution is -0.153. The number of rotatable bonds is 9. The van der Waals surface area contributed by atoms with E-state index in [0.717, 1.165) is 4.31 Å². The molecule has 1 N–H and O–H groups in total. The van der Waals surface area contributed by atoms with Crippen molar-refractivity contribution in [3.8, 4) is 11.5 Å². The van der Waals surface area contributed by atoms with Crippen molar-refractivity contribution in [1.29, 1.82) is 0 Å². The highest BCUT2D eigenvalue weighted by molar-refractivity contribution is 7.89. The second-order valence-corrected chi connectivity index (χ2v) is 8.90. The van der Waals surface area contributed by atoms with Crippen LogP contribution in [0.5, 0.6) is 11.5 Å². The number of nitrogens with one attached hydrogen (secondary N) is 1. The van der Waals surface area contributed by atoms with Crippen molar-refractivity contribution in [3.63, 3.8) is 0 Å². The first-order chi connectivity index (χ1) is 14.4. The summed E-state index contributed by atoms with van der Waals surface area (Å²) in [7, 11) is 0.498. The fraction of sp³-hybridized carbons (Fsp3) is 0.350. The van der Waals surface area contributed by atoms with Crippen LogP contribution in [0.25, 0.3) is 0 Å². The van der Waals surface area contributed by atoms with E-state index in [9.17, 15) is 26.4 Å². The molecule has 0 radical (unpaired) electrons. The predicted octanol–water partition coefficient (Wildman–Crippen LogP) is 3.46. The van der Waals surface area contributed by atoms with Crippen LogP contribution in [-0.4, -0.2) is 52.6 Å². The highest BCUT2D eigenvalue weighted by Gasteiger charge is 2.29. The van der Waals surface area contributed by atoms with E-state index in [1.807, 2.05) is 0 Å². The van der Waals surface area contributed by atoms with Gasteiger partial charge in [-0.15, -0.1) is 0 Å². The average Bonchev–Trinajstić information content (AvgIpc) is 2.70. The highest BCUT2D eigenvalue weighted by atomic mass is 32.2. The largest absolute Gasteiger partial charge is 0.493 e. The first-order valence-electron chi connectivity index (χ1n) is 9.11. The first-order valence-corrected chi connectivity index (χ1v) is 10.6. The molecule has 170 valence electrons. The topological polar surface area (TPSA) is 84.9 Å². The standard InChI is InChI=1S/C20H23F3N2O5S/c1-25(2)31(27,28)16-6-4-5-15(12-16)24-19(26)10-8-14-7-9-17(18(11-14)29-3)30-13-20(21,22)23/h4-7,9,11-12H,8,10,13H2,1-3H3,(H,24,26). The van der Waals surface area contributed by atoms with Crippen molar-refractivity contribution >= 4 is 21.6 Å². The summed E-state index contributed by atoms with van der Waals surface area (Å²) >= 11 is 0. The molecule has 0 aliphatic heterocycles. The molecule has 11 heteroatoms. The molecule has 0 unspecified atom stereocenters. The summed E-state index contributed by atoms with van der Waals surface area (Å²) < 4.78 is 72.2. The van der Waals surface area contributed by atoms with Gasteiger partial charge in [-0.05, 0) is 42.3 Å². The second-order valence-electron chi connectivity index (χ2n) is 6.75. The molecule has 0 aliphatic rings. The number of methoxy groups -OCH3 is 1. The number of hydrogen-bond donors (Lipinski definition) is 1. The summed E-state index contributed by atoms with van der Waals surface area (Å²) in [6, 6.07) is 10.3. The number of amides is 1. The Bertz CT molecular complexity index is 1020. The minimum atomic E-state index is -4.47. The molecule has 0 saturated carbocycles.